The van der Waals surface area contributed by atoms with E-state index in [9.17, 15) is 24.0 Å². The molecule has 0 heterocycles. The molecule has 0 unspecified atom stereocenters. The number of amides is 4. The monoisotopic (exact) mass is 508 g/mol. The lowest BCUT2D eigenvalue weighted by Crippen LogP contribution is -2.56. The number of hydrogen-bond acceptors (Lipinski definition) is 9. The lowest BCUT2D eigenvalue weighted by atomic mass is 10.1. The number of ether oxygens (including phenoxy) is 4. The number of carbonyl (C=O) groups excluding carboxylic acids is 5. The van der Waals surface area contributed by atoms with Crippen molar-refractivity contribution in [3.05, 3.63) is 35.9 Å². The summed E-state index contributed by atoms with van der Waals surface area (Å²) in [4.78, 5) is 65.4. The zero-order valence-corrected chi connectivity index (χ0v) is 22.2. The summed E-state index contributed by atoms with van der Waals surface area (Å²) in [7, 11) is 1.09. The number of rotatable bonds is 7. The lowest BCUT2D eigenvalue weighted by molar-refractivity contribution is -0.148. The first-order valence-corrected chi connectivity index (χ1v) is 11.4. The van der Waals surface area contributed by atoms with Gasteiger partial charge in [0.1, 0.15) is 30.4 Å². The Bertz CT molecular complexity index is 933. The van der Waals surface area contributed by atoms with Crippen LogP contribution in [0.15, 0.2) is 30.3 Å². The van der Waals surface area contributed by atoms with Crippen LogP contribution in [0.5, 0.6) is 0 Å². The largest absolute Gasteiger partial charge is 0.468 e. The number of esters is 1. The second kappa shape index (κ2) is 12.9. The molecule has 1 aromatic rings. The first-order valence-electron chi connectivity index (χ1n) is 11.4. The van der Waals surface area contributed by atoms with E-state index in [1.54, 1.807) is 71.9 Å². The third kappa shape index (κ3) is 9.93. The van der Waals surface area contributed by atoms with Crippen molar-refractivity contribution >= 4 is 30.2 Å². The van der Waals surface area contributed by atoms with Crippen molar-refractivity contribution in [2.24, 2.45) is 0 Å². The minimum Gasteiger partial charge on any atom is -0.468 e. The molecule has 0 saturated heterocycles. The Morgan fingerprint density at radius 1 is 0.833 bits per heavy atom. The van der Waals surface area contributed by atoms with Gasteiger partial charge in [-0.2, -0.15) is 4.90 Å². The van der Waals surface area contributed by atoms with Crippen LogP contribution in [0.25, 0.3) is 0 Å². The fraction of sp³-hybridized carbons (Fsp3) is 0.560. The lowest BCUT2D eigenvalue weighted by Gasteiger charge is -2.33. The second-order valence-corrected chi connectivity index (χ2v) is 9.80. The first kappa shape index (κ1) is 30.4. The third-order valence-corrected chi connectivity index (χ3v) is 4.37. The molecule has 0 aliphatic carbocycles. The smallest absolute Gasteiger partial charge is 0.420 e. The summed E-state index contributed by atoms with van der Waals surface area (Å²) in [6, 6.07) is 7.18. The van der Waals surface area contributed by atoms with Crippen LogP contribution in [0.2, 0.25) is 0 Å². The molecular weight excluding hydrogens is 472 g/mol. The number of hydrogen-bond donors (Lipinski definition) is 0. The van der Waals surface area contributed by atoms with E-state index < -0.39 is 53.9 Å². The summed E-state index contributed by atoms with van der Waals surface area (Å²) in [5.41, 5.74) is -1.35. The maximum atomic E-state index is 13.5. The van der Waals surface area contributed by atoms with Crippen LogP contribution in [-0.4, -0.2) is 70.9 Å². The van der Waals surface area contributed by atoms with Crippen LogP contribution in [0.1, 0.15) is 60.5 Å². The Morgan fingerprint density at radius 2 is 1.36 bits per heavy atom. The highest BCUT2D eigenvalue weighted by Crippen LogP contribution is 2.19. The summed E-state index contributed by atoms with van der Waals surface area (Å²) in [5, 5.41) is 0. The SMILES string of the molecule is CC[C@@H](C(=O)N(CC(=O)OC)C(=O)OC(C)(C)C)N(C(=O)OCc1ccccc1)C(=O)OC(C)(C)C. The molecule has 11 heteroatoms. The molecule has 0 fully saturated rings. The van der Waals surface area contributed by atoms with Gasteiger partial charge < -0.3 is 18.9 Å². The summed E-state index contributed by atoms with van der Waals surface area (Å²) in [6.45, 7) is 10.1. The van der Waals surface area contributed by atoms with E-state index in [2.05, 4.69) is 4.74 Å². The molecule has 0 saturated carbocycles. The van der Waals surface area contributed by atoms with Gasteiger partial charge in [-0.15, -0.1) is 0 Å². The van der Waals surface area contributed by atoms with Crippen LogP contribution < -0.4 is 0 Å². The van der Waals surface area contributed by atoms with Gasteiger partial charge >= 0.3 is 24.2 Å². The Kier molecular flexibility index (Phi) is 10.9. The summed E-state index contributed by atoms with van der Waals surface area (Å²) < 4.78 is 20.5. The molecule has 1 rings (SSSR count). The van der Waals surface area contributed by atoms with E-state index in [1.165, 1.54) is 6.92 Å². The van der Waals surface area contributed by atoms with Gasteiger partial charge in [0.15, 0.2) is 0 Å². The highest BCUT2D eigenvalue weighted by atomic mass is 16.6. The van der Waals surface area contributed by atoms with Crippen LogP contribution >= 0.6 is 0 Å². The molecule has 1 atom stereocenters. The number of benzene rings is 1. The normalized spacial score (nSPS) is 12.1. The number of carbonyl (C=O) groups is 5. The van der Waals surface area contributed by atoms with E-state index in [0.717, 1.165) is 7.11 Å². The third-order valence-electron chi connectivity index (χ3n) is 4.37. The Hall–Kier alpha value is -3.63. The van der Waals surface area contributed by atoms with Crippen molar-refractivity contribution in [2.45, 2.75) is 78.7 Å². The Balaban J connectivity index is 3.36. The summed E-state index contributed by atoms with van der Waals surface area (Å²) >= 11 is 0. The Labute approximate surface area is 211 Å². The highest BCUT2D eigenvalue weighted by molar-refractivity contribution is 6.02. The zero-order chi connectivity index (χ0) is 27.7. The van der Waals surface area contributed by atoms with Crippen molar-refractivity contribution in [2.75, 3.05) is 13.7 Å². The van der Waals surface area contributed by atoms with Gasteiger partial charge in [-0.1, -0.05) is 37.3 Å². The molecule has 200 valence electrons. The van der Waals surface area contributed by atoms with Crippen molar-refractivity contribution in [3.8, 4) is 0 Å². The van der Waals surface area contributed by atoms with Gasteiger partial charge in [-0.3, -0.25) is 9.59 Å². The van der Waals surface area contributed by atoms with Gasteiger partial charge in [0, 0.05) is 0 Å². The van der Waals surface area contributed by atoms with Gasteiger partial charge in [0.2, 0.25) is 0 Å². The first-order chi connectivity index (χ1) is 16.6. The standard InChI is InChI=1S/C25H36N2O9/c1-9-18(20(29)26(15-19(28)33-8)21(30)35-24(2,3)4)27(23(32)36-25(5,6)7)22(31)34-16-17-13-11-10-12-14-17/h10-14,18H,9,15-16H2,1-8H3/t18-/m0/s1. The Morgan fingerprint density at radius 3 is 1.83 bits per heavy atom. The number of imide groups is 2. The minimum absolute atomic E-state index is 0.112. The molecule has 0 radical (unpaired) electrons. The number of nitrogens with zero attached hydrogens (tertiary/aromatic N) is 2. The van der Waals surface area contributed by atoms with E-state index >= 15 is 0 Å². The van der Waals surface area contributed by atoms with E-state index in [1.807, 2.05) is 0 Å². The number of methoxy groups -OCH3 is 1. The fourth-order valence-corrected chi connectivity index (χ4v) is 2.82. The molecule has 0 spiro atoms. The predicted molar refractivity (Wildman–Crippen MR) is 129 cm³/mol. The van der Waals surface area contributed by atoms with Gasteiger partial charge in [-0.05, 0) is 53.5 Å². The average molecular weight is 509 g/mol. The van der Waals surface area contributed by atoms with Crippen molar-refractivity contribution < 1.29 is 42.9 Å². The maximum Gasteiger partial charge on any atom is 0.420 e. The molecular formula is C25H36N2O9. The van der Waals surface area contributed by atoms with Crippen molar-refractivity contribution in [1.29, 1.82) is 0 Å². The van der Waals surface area contributed by atoms with Crippen LogP contribution in [-0.2, 0) is 35.1 Å². The predicted octanol–water partition coefficient (Wildman–Crippen LogP) is 4.28. The quantitative estimate of drug-likeness (QED) is 0.391. The highest BCUT2D eigenvalue weighted by Gasteiger charge is 2.42. The van der Waals surface area contributed by atoms with Crippen LogP contribution in [0.4, 0.5) is 14.4 Å². The molecule has 0 aliphatic heterocycles. The van der Waals surface area contributed by atoms with Gasteiger partial charge in [0.25, 0.3) is 5.91 Å². The molecule has 11 nitrogen and oxygen atoms in total. The molecule has 4 amide bonds. The van der Waals surface area contributed by atoms with Crippen molar-refractivity contribution in [1.82, 2.24) is 9.80 Å². The summed E-state index contributed by atoms with van der Waals surface area (Å²) in [5.74, 6) is -1.95. The molecule has 1 aromatic carbocycles. The van der Waals surface area contributed by atoms with Crippen LogP contribution in [0.3, 0.4) is 0 Å². The van der Waals surface area contributed by atoms with Crippen molar-refractivity contribution in [3.63, 3.8) is 0 Å². The molecule has 0 aliphatic rings. The van der Waals surface area contributed by atoms with E-state index in [0.29, 0.717) is 15.4 Å². The molecule has 36 heavy (non-hydrogen) atoms. The van der Waals surface area contributed by atoms with Gasteiger partial charge in [-0.25, -0.2) is 19.3 Å². The molecule has 0 aromatic heterocycles. The van der Waals surface area contributed by atoms with Crippen LogP contribution in [0, 0.1) is 0 Å². The fourth-order valence-electron chi connectivity index (χ4n) is 2.82. The van der Waals surface area contributed by atoms with Gasteiger partial charge in [0.05, 0.1) is 7.11 Å². The molecule has 0 bridgehead atoms. The maximum absolute atomic E-state index is 13.5. The zero-order valence-electron chi connectivity index (χ0n) is 22.2. The summed E-state index contributed by atoms with van der Waals surface area (Å²) in [6.07, 6.45) is -3.56. The molecule has 0 N–H and O–H groups in total. The minimum atomic E-state index is -1.54. The second-order valence-electron chi connectivity index (χ2n) is 9.80. The van der Waals surface area contributed by atoms with E-state index in [-0.39, 0.29) is 13.0 Å². The average Bonchev–Trinajstić information content (AvgIpc) is 2.76. The van der Waals surface area contributed by atoms with E-state index in [4.69, 9.17) is 14.2 Å². The topological polar surface area (TPSA) is 129 Å².